The third kappa shape index (κ3) is 3.25. The molecule has 0 aliphatic heterocycles. The SMILES string of the molecule is CCNc1ncnc(N(C)Cc2csc(C)n2)c1CC. The second-order valence-electron chi connectivity index (χ2n) is 4.62. The van der Waals surface area contributed by atoms with Crippen LogP contribution in [-0.4, -0.2) is 28.5 Å². The molecule has 1 N–H and O–H groups in total. The molecule has 0 radical (unpaired) electrons. The van der Waals surface area contributed by atoms with Crippen LogP contribution in [0.2, 0.25) is 0 Å². The van der Waals surface area contributed by atoms with E-state index in [4.69, 9.17) is 0 Å². The summed E-state index contributed by atoms with van der Waals surface area (Å²) in [7, 11) is 2.05. The zero-order valence-corrected chi connectivity index (χ0v) is 13.3. The second-order valence-corrected chi connectivity index (χ2v) is 5.68. The van der Waals surface area contributed by atoms with E-state index in [1.54, 1.807) is 17.7 Å². The van der Waals surface area contributed by atoms with Crippen LogP contribution < -0.4 is 10.2 Å². The van der Waals surface area contributed by atoms with Crippen molar-refractivity contribution in [3.05, 3.63) is 28.0 Å². The molecule has 0 unspecified atom stereocenters. The van der Waals surface area contributed by atoms with E-state index in [0.29, 0.717) is 0 Å². The smallest absolute Gasteiger partial charge is 0.137 e. The van der Waals surface area contributed by atoms with Crippen LogP contribution in [0.15, 0.2) is 11.7 Å². The van der Waals surface area contributed by atoms with Gasteiger partial charge in [-0.05, 0) is 20.3 Å². The van der Waals surface area contributed by atoms with Crippen molar-refractivity contribution >= 4 is 23.0 Å². The van der Waals surface area contributed by atoms with Gasteiger partial charge in [0.2, 0.25) is 0 Å². The third-order valence-corrected chi connectivity index (χ3v) is 3.87. The van der Waals surface area contributed by atoms with Gasteiger partial charge in [0.05, 0.1) is 17.2 Å². The molecule has 108 valence electrons. The number of hydrogen-bond acceptors (Lipinski definition) is 6. The fraction of sp³-hybridized carbons (Fsp3) is 0.500. The summed E-state index contributed by atoms with van der Waals surface area (Å²) in [5.41, 5.74) is 2.24. The summed E-state index contributed by atoms with van der Waals surface area (Å²) in [6.45, 7) is 7.85. The summed E-state index contributed by atoms with van der Waals surface area (Å²) in [4.78, 5) is 15.4. The maximum atomic E-state index is 4.51. The molecular formula is C14H21N5S. The Morgan fingerprint density at radius 2 is 2.10 bits per heavy atom. The van der Waals surface area contributed by atoms with Crippen LogP contribution in [0.25, 0.3) is 0 Å². The van der Waals surface area contributed by atoms with Gasteiger partial charge < -0.3 is 10.2 Å². The minimum absolute atomic E-state index is 0.764. The van der Waals surface area contributed by atoms with E-state index in [2.05, 4.69) is 44.4 Å². The number of nitrogens with zero attached hydrogens (tertiary/aromatic N) is 4. The molecule has 6 heteroatoms. The number of anilines is 2. The predicted molar refractivity (Wildman–Crippen MR) is 84.5 cm³/mol. The van der Waals surface area contributed by atoms with Crippen LogP contribution in [0, 0.1) is 6.92 Å². The Hall–Kier alpha value is -1.69. The number of hydrogen-bond donors (Lipinski definition) is 1. The van der Waals surface area contributed by atoms with E-state index in [0.717, 1.165) is 47.4 Å². The lowest BCUT2D eigenvalue weighted by Gasteiger charge is -2.21. The molecule has 0 spiro atoms. The highest BCUT2D eigenvalue weighted by atomic mass is 32.1. The average molecular weight is 291 g/mol. The Bertz CT molecular complexity index is 566. The van der Waals surface area contributed by atoms with Gasteiger partial charge in [0.15, 0.2) is 0 Å². The lowest BCUT2D eigenvalue weighted by molar-refractivity contribution is 0.849. The Kier molecular flexibility index (Phi) is 4.89. The molecule has 2 aromatic rings. The van der Waals surface area contributed by atoms with Crippen LogP contribution in [-0.2, 0) is 13.0 Å². The van der Waals surface area contributed by atoms with Crippen LogP contribution >= 0.6 is 11.3 Å². The van der Waals surface area contributed by atoms with Crippen molar-refractivity contribution in [1.29, 1.82) is 0 Å². The molecule has 0 atom stereocenters. The van der Waals surface area contributed by atoms with Gasteiger partial charge >= 0.3 is 0 Å². The van der Waals surface area contributed by atoms with Crippen molar-refractivity contribution in [2.24, 2.45) is 0 Å². The number of nitrogens with one attached hydrogen (secondary N) is 1. The minimum Gasteiger partial charge on any atom is -0.370 e. The molecule has 0 aliphatic carbocycles. The van der Waals surface area contributed by atoms with E-state index in [9.17, 15) is 0 Å². The number of aromatic nitrogens is 3. The molecule has 0 fully saturated rings. The molecule has 0 bridgehead atoms. The average Bonchev–Trinajstić information content (AvgIpc) is 2.84. The van der Waals surface area contributed by atoms with Crippen LogP contribution in [0.1, 0.15) is 30.1 Å². The molecule has 0 aliphatic rings. The summed E-state index contributed by atoms with van der Waals surface area (Å²) in [6, 6.07) is 0. The molecule has 0 saturated heterocycles. The Morgan fingerprint density at radius 3 is 2.70 bits per heavy atom. The first-order chi connectivity index (χ1) is 9.65. The fourth-order valence-corrected chi connectivity index (χ4v) is 2.78. The summed E-state index contributed by atoms with van der Waals surface area (Å²) in [5, 5.41) is 6.50. The van der Waals surface area contributed by atoms with Crippen molar-refractivity contribution in [3.8, 4) is 0 Å². The summed E-state index contributed by atoms with van der Waals surface area (Å²) < 4.78 is 0. The standard InChI is InChI=1S/C14H21N5S/c1-5-12-13(15-6-2)16-9-17-14(12)19(4)7-11-8-20-10(3)18-11/h8-9H,5-7H2,1-4H3,(H,15,16,17). The second kappa shape index (κ2) is 6.65. The quantitative estimate of drug-likeness (QED) is 0.887. The van der Waals surface area contributed by atoms with E-state index < -0.39 is 0 Å². The zero-order valence-electron chi connectivity index (χ0n) is 12.5. The van der Waals surface area contributed by atoms with Gasteiger partial charge in [0.25, 0.3) is 0 Å². The Balaban J connectivity index is 2.24. The summed E-state index contributed by atoms with van der Waals surface area (Å²) in [6.07, 6.45) is 2.52. The number of aryl methyl sites for hydroxylation is 1. The number of thiazole rings is 1. The van der Waals surface area contributed by atoms with E-state index >= 15 is 0 Å². The zero-order chi connectivity index (χ0) is 14.5. The van der Waals surface area contributed by atoms with E-state index in [1.807, 2.05) is 14.0 Å². The first-order valence-corrected chi connectivity index (χ1v) is 7.73. The fourth-order valence-electron chi connectivity index (χ4n) is 2.18. The van der Waals surface area contributed by atoms with Crippen LogP contribution in [0.3, 0.4) is 0 Å². The minimum atomic E-state index is 0.764. The molecular weight excluding hydrogens is 270 g/mol. The van der Waals surface area contributed by atoms with Crippen LogP contribution in [0.5, 0.6) is 0 Å². The molecule has 0 aromatic carbocycles. The van der Waals surface area contributed by atoms with E-state index in [1.165, 1.54) is 0 Å². The van der Waals surface area contributed by atoms with Gasteiger partial charge in [0.1, 0.15) is 18.0 Å². The van der Waals surface area contributed by atoms with Gasteiger partial charge in [-0.1, -0.05) is 6.92 Å². The predicted octanol–water partition coefficient (Wildman–Crippen LogP) is 2.87. The Morgan fingerprint density at radius 1 is 1.30 bits per heavy atom. The largest absolute Gasteiger partial charge is 0.370 e. The first kappa shape index (κ1) is 14.7. The van der Waals surface area contributed by atoms with Crippen molar-refractivity contribution in [2.45, 2.75) is 33.7 Å². The highest BCUT2D eigenvalue weighted by Gasteiger charge is 2.14. The lowest BCUT2D eigenvalue weighted by Crippen LogP contribution is -2.21. The highest BCUT2D eigenvalue weighted by Crippen LogP contribution is 2.24. The number of rotatable bonds is 6. The Labute approximate surface area is 124 Å². The first-order valence-electron chi connectivity index (χ1n) is 6.85. The molecule has 0 amide bonds. The summed E-state index contributed by atoms with van der Waals surface area (Å²) in [5.74, 6) is 1.91. The molecule has 20 heavy (non-hydrogen) atoms. The molecule has 5 nitrogen and oxygen atoms in total. The normalized spacial score (nSPS) is 10.6. The van der Waals surface area contributed by atoms with Gasteiger partial charge in [-0.25, -0.2) is 15.0 Å². The lowest BCUT2D eigenvalue weighted by atomic mass is 10.2. The topological polar surface area (TPSA) is 53.9 Å². The van der Waals surface area contributed by atoms with Gasteiger partial charge in [0, 0.05) is 24.5 Å². The maximum Gasteiger partial charge on any atom is 0.137 e. The van der Waals surface area contributed by atoms with Crippen molar-refractivity contribution in [1.82, 2.24) is 15.0 Å². The van der Waals surface area contributed by atoms with Gasteiger partial charge in [-0.2, -0.15) is 0 Å². The molecule has 0 saturated carbocycles. The van der Waals surface area contributed by atoms with Crippen molar-refractivity contribution < 1.29 is 0 Å². The highest BCUT2D eigenvalue weighted by molar-refractivity contribution is 7.09. The maximum absolute atomic E-state index is 4.51. The van der Waals surface area contributed by atoms with Crippen molar-refractivity contribution in [2.75, 3.05) is 23.8 Å². The van der Waals surface area contributed by atoms with Crippen molar-refractivity contribution in [3.63, 3.8) is 0 Å². The van der Waals surface area contributed by atoms with E-state index in [-0.39, 0.29) is 0 Å². The van der Waals surface area contributed by atoms with Gasteiger partial charge in [-0.15, -0.1) is 11.3 Å². The monoisotopic (exact) mass is 291 g/mol. The molecule has 2 aromatic heterocycles. The molecule has 2 rings (SSSR count). The third-order valence-electron chi connectivity index (χ3n) is 3.05. The summed E-state index contributed by atoms with van der Waals surface area (Å²) >= 11 is 1.68. The van der Waals surface area contributed by atoms with Gasteiger partial charge in [-0.3, -0.25) is 0 Å². The molecule has 2 heterocycles. The van der Waals surface area contributed by atoms with Crippen LogP contribution in [0.4, 0.5) is 11.6 Å².